The smallest absolute Gasteiger partial charge is 0.347 e. The minimum absolute atomic E-state index is 0.410. The Kier molecular flexibility index (Phi) is 3.15. The molecule has 4 saturated carbocycles. The van der Waals surface area contributed by atoms with Gasteiger partial charge in [0.1, 0.15) is 0 Å². The summed E-state index contributed by atoms with van der Waals surface area (Å²) in [7, 11) is 0. The molecule has 1 aromatic heterocycles. The first-order valence-electron chi connectivity index (χ1n) is 8.86. The molecule has 3 nitrogen and oxygen atoms in total. The van der Waals surface area contributed by atoms with E-state index in [1.165, 1.54) is 37.7 Å². The maximum Gasteiger partial charge on any atom is 0.347 e. The van der Waals surface area contributed by atoms with Crippen molar-refractivity contribution in [1.29, 1.82) is 0 Å². The zero-order valence-electron chi connectivity index (χ0n) is 13.7. The van der Waals surface area contributed by atoms with E-state index in [9.17, 15) is 9.59 Å². The van der Waals surface area contributed by atoms with Gasteiger partial charge in [-0.1, -0.05) is 0 Å². The first-order chi connectivity index (χ1) is 11.6. The molecule has 0 atom stereocenters. The largest absolute Gasteiger partial charge is 0.386 e. The Morgan fingerprint density at radius 2 is 1.71 bits per heavy atom. The highest BCUT2D eigenvalue weighted by Gasteiger charge is 2.49. The zero-order valence-corrected chi connectivity index (χ0v) is 14.5. The van der Waals surface area contributed by atoms with Gasteiger partial charge in [0.2, 0.25) is 0 Å². The van der Waals surface area contributed by atoms with Crippen molar-refractivity contribution in [3.63, 3.8) is 0 Å². The molecule has 0 amide bonds. The lowest BCUT2D eigenvalue weighted by Gasteiger charge is -2.51. The number of thiophene rings is 1. The van der Waals surface area contributed by atoms with Crippen molar-refractivity contribution in [3.05, 3.63) is 39.1 Å². The van der Waals surface area contributed by atoms with Crippen LogP contribution >= 0.6 is 11.3 Å². The lowest BCUT2D eigenvalue weighted by atomic mass is 9.53. The molecule has 1 aliphatic heterocycles. The summed E-state index contributed by atoms with van der Waals surface area (Å²) in [6.07, 6.45) is 6.14. The number of ether oxygens (including phenoxy) is 1. The molecule has 5 aliphatic rings. The number of hydrogen-bond acceptors (Lipinski definition) is 4. The Morgan fingerprint density at radius 1 is 1.04 bits per heavy atom. The molecule has 4 bridgehead atoms. The number of cyclic esters (lactones) is 2. The Morgan fingerprint density at radius 3 is 2.29 bits per heavy atom. The second-order valence-electron chi connectivity index (χ2n) is 7.82. The van der Waals surface area contributed by atoms with Crippen LogP contribution in [0.25, 0.3) is 5.57 Å². The number of allylic oxidation sites excluding steroid dienone is 2. The van der Waals surface area contributed by atoms with Crippen LogP contribution in [0.15, 0.2) is 33.5 Å². The van der Waals surface area contributed by atoms with Gasteiger partial charge in [-0.15, -0.1) is 0 Å². The van der Waals surface area contributed by atoms with Gasteiger partial charge in [-0.2, -0.15) is 11.3 Å². The van der Waals surface area contributed by atoms with E-state index < -0.39 is 11.9 Å². The third-order valence-corrected chi connectivity index (χ3v) is 7.16. The predicted molar refractivity (Wildman–Crippen MR) is 92.1 cm³/mol. The lowest BCUT2D eigenvalue weighted by Crippen LogP contribution is -2.41. The number of carbonyl (C=O) groups excluding carboxylic acids is 2. The maximum absolute atomic E-state index is 12.6. The molecule has 0 radical (unpaired) electrons. The van der Waals surface area contributed by atoms with E-state index in [1.807, 2.05) is 23.8 Å². The van der Waals surface area contributed by atoms with E-state index in [2.05, 4.69) is 0 Å². The van der Waals surface area contributed by atoms with Crippen molar-refractivity contribution < 1.29 is 14.3 Å². The minimum Gasteiger partial charge on any atom is -0.386 e. The Hall–Kier alpha value is -1.68. The van der Waals surface area contributed by atoms with Crippen LogP contribution in [0.3, 0.4) is 0 Å². The van der Waals surface area contributed by atoms with Gasteiger partial charge in [0.15, 0.2) is 0 Å². The number of carbonyl (C=O) groups is 2. The van der Waals surface area contributed by atoms with Gasteiger partial charge in [-0.3, -0.25) is 0 Å². The van der Waals surface area contributed by atoms with Gasteiger partial charge in [-0.25, -0.2) is 9.59 Å². The standard InChI is InChI=1S/C20H20O3S/c1-10(13-2-3-24-9-13)16-18(20(22)23-19(16)21)17-14-5-11-4-12(7-14)8-15(17)6-11/h2-3,9,11-12,14-15H,4-8H2,1H3/b16-10+,18-17?. The number of rotatable bonds is 1. The fourth-order valence-corrected chi connectivity index (χ4v) is 6.42. The second-order valence-corrected chi connectivity index (χ2v) is 8.60. The number of esters is 2. The Balaban J connectivity index is 1.69. The van der Waals surface area contributed by atoms with Crippen molar-refractivity contribution in [2.24, 2.45) is 23.7 Å². The van der Waals surface area contributed by atoms with E-state index in [1.54, 1.807) is 11.3 Å². The molecule has 6 rings (SSSR count). The fourth-order valence-electron chi connectivity index (χ4n) is 5.72. The first-order valence-corrected chi connectivity index (χ1v) is 9.80. The molecule has 124 valence electrons. The monoisotopic (exact) mass is 340 g/mol. The maximum atomic E-state index is 12.6. The van der Waals surface area contributed by atoms with E-state index in [0.29, 0.717) is 23.0 Å². The van der Waals surface area contributed by atoms with E-state index in [4.69, 9.17) is 4.74 Å². The van der Waals surface area contributed by atoms with Crippen LogP contribution in [0.4, 0.5) is 0 Å². The quantitative estimate of drug-likeness (QED) is 0.433. The normalized spacial score (nSPS) is 36.5. The molecule has 24 heavy (non-hydrogen) atoms. The summed E-state index contributed by atoms with van der Waals surface area (Å²) in [4.78, 5) is 25.0. The van der Waals surface area contributed by atoms with Gasteiger partial charge < -0.3 is 4.74 Å². The first kappa shape index (κ1) is 14.6. The molecular formula is C20H20O3S. The topological polar surface area (TPSA) is 43.4 Å². The zero-order chi connectivity index (χ0) is 16.4. The van der Waals surface area contributed by atoms with Gasteiger partial charge >= 0.3 is 11.9 Å². The van der Waals surface area contributed by atoms with Crippen molar-refractivity contribution in [3.8, 4) is 0 Å². The van der Waals surface area contributed by atoms with Gasteiger partial charge in [-0.05, 0) is 96.2 Å². The summed E-state index contributed by atoms with van der Waals surface area (Å²) in [5, 5.41) is 4.02. The third kappa shape index (κ3) is 2.02. The minimum atomic E-state index is -0.458. The van der Waals surface area contributed by atoms with Crippen LogP contribution in [-0.2, 0) is 14.3 Å². The summed E-state index contributed by atoms with van der Waals surface area (Å²) in [6.45, 7) is 1.94. The second kappa shape index (κ2) is 5.16. The van der Waals surface area contributed by atoms with Gasteiger partial charge in [0.05, 0.1) is 11.1 Å². The van der Waals surface area contributed by atoms with Gasteiger partial charge in [0, 0.05) is 0 Å². The van der Waals surface area contributed by atoms with Crippen molar-refractivity contribution in [1.82, 2.24) is 0 Å². The van der Waals surface area contributed by atoms with Crippen LogP contribution in [0.1, 0.15) is 44.6 Å². The predicted octanol–water partition coefficient (Wildman–Crippen LogP) is 4.36. The van der Waals surface area contributed by atoms with Gasteiger partial charge in [0.25, 0.3) is 0 Å². The highest BCUT2D eigenvalue weighted by atomic mass is 32.1. The molecule has 4 heteroatoms. The Labute approximate surface area is 145 Å². The molecule has 0 unspecified atom stereocenters. The Bertz CT molecular complexity index is 767. The molecule has 0 N–H and O–H groups in total. The fraction of sp³-hybridized carbons (Fsp3) is 0.500. The van der Waals surface area contributed by atoms with Crippen LogP contribution in [0, 0.1) is 23.7 Å². The molecule has 5 fully saturated rings. The molecule has 0 spiro atoms. The summed E-state index contributed by atoms with van der Waals surface area (Å²) in [5.41, 5.74) is 4.30. The molecule has 2 heterocycles. The number of hydrogen-bond donors (Lipinski definition) is 0. The molecule has 0 aromatic carbocycles. The van der Waals surface area contributed by atoms with Crippen molar-refractivity contribution >= 4 is 28.8 Å². The summed E-state index contributed by atoms with van der Waals surface area (Å²) >= 11 is 1.60. The average molecular weight is 340 g/mol. The highest BCUT2D eigenvalue weighted by molar-refractivity contribution is 7.08. The summed E-state index contributed by atoms with van der Waals surface area (Å²) < 4.78 is 5.07. The van der Waals surface area contributed by atoms with E-state index in [0.717, 1.165) is 23.0 Å². The van der Waals surface area contributed by atoms with Crippen molar-refractivity contribution in [2.75, 3.05) is 0 Å². The van der Waals surface area contributed by atoms with E-state index >= 15 is 0 Å². The van der Waals surface area contributed by atoms with E-state index in [-0.39, 0.29) is 0 Å². The summed E-state index contributed by atoms with van der Waals surface area (Å²) in [5.74, 6) is 1.76. The third-order valence-electron chi connectivity index (χ3n) is 6.48. The SMILES string of the molecule is C/C(=C1\C(=O)OC(=O)C1=C1C2CC3CC(C2)CC1C3)c1ccsc1. The molecule has 4 aliphatic carbocycles. The average Bonchev–Trinajstić information content (AvgIpc) is 3.15. The van der Waals surface area contributed by atoms with Crippen LogP contribution in [-0.4, -0.2) is 11.9 Å². The summed E-state index contributed by atoms with van der Waals surface area (Å²) in [6, 6.07) is 2.00. The molecule has 1 aromatic rings. The van der Waals surface area contributed by atoms with Crippen LogP contribution in [0.2, 0.25) is 0 Å². The van der Waals surface area contributed by atoms with Crippen LogP contribution in [0.5, 0.6) is 0 Å². The van der Waals surface area contributed by atoms with Crippen LogP contribution < -0.4 is 0 Å². The molecule has 1 saturated heterocycles. The molecular weight excluding hydrogens is 320 g/mol. The van der Waals surface area contributed by atoms with Crippen molar-refractivity contribution in [2.45, 2.75) is 39.0 Å². The lowest BCUT2D eigenvalue weighted by molar-refractivity contribution is -0.149. The highest BCUT2D eigenvalue weighted by Crippen LogP contribution is 2.58.